The molecule has 0 aliphatic rings. The Balaban J connectivity index is 2.86. The standard InChI is InChI=1S/C15H18F3NO3/c1-4-7-19(10-15(16,17)18)14(20)9-11-5-6-12(21-2)13(8-11)22-3/h4-6,8H,1,7,9-10H2,2-3H3. The van der Waals surface area contributed by atoms with Gasteiger partial charge in [0, 0.05) is 6.54 Å². The number of benzene rings is 1. The molecule has 0 spiro atoms. The second-order valence-corrected chi connectivity index (χ2v) is 4.54. The molecule has 0 bridgehead atoms. The van der Waals surface area contributed by atoms with Crippen LogP contribution in [0.5, 0.6) is 11.5 Å². The van der Waals surface area contributed by atoms with Crippen LogP contribution >= 0.6 is 0 Å². The van der Waals surface area contributed by atoms with Crippen LogP contribution in [0, 0.1) is 0 Å². The highest BCUT2D eigenvalue weighted by Gasteiger charge is 2.32. The third-order valence-electron chi connectivity index (χ3n) is 2.88. The molecule has 0 radical (unpaired) electrons. The first-order chi connectivity index (χ1) is 10.3. The molecule has 1 aromatic carbocycles. The lowest BCUT2D eigenvalue weighted by Crippen LogP contribution is -2.39. The zero-order valence-electron chi connectivity index (χ0n) is 12.4. The van der Waals surface area contributed by atoms with Gasteiger partial charge in [0.1, 0.15) is 6.54 Å². The summed E-state index contributed by atoms with van der Waals surface area (Å²) in [6, 6.07) is 4.78. The van der Waals surface area contributed by atoms with Crippen LogP contribution in [0.15, 0.2) is 30.9 Å². The Bertz CT molecular complexity index is 529. The van der Waals surface area contributed by atoms with Gasteiger partial charge in [0.2, 0.25) is 5.91 Å². The Morgan fingerprint density at radius 3 is 2.41 bits per heavy atom. The average Bonchev–Trinajstić information content (AvgIpc) is 2.45. The highest BCUT2D eigenvalue weighted by Crippen LogP contribution is 2.28. The van der Waals surface area contributed by atoms with Crippen molar-refractivity contribution in [3.8, 4) is 11.5 Å². The van der Waals surface area contributed by atoms with Crippen LogP contribution in [-0.4, -0.2) is 44.3 Å². The van der Waals surface area contributed by atoms with Gasteiger partial charge >= 0.3 is 6.18 Å². The number of amides is 1. The van der Waals surface area contributed by atoms with E-state index in [0.29, 0.717) is 22.0 Å². The molecule has 0 unspecified atom stereocenters. The summed E-state index contributed by atoms with van der Waals surface area (Å²) in [5.41, 5.74) is 0.541. The number of rotatable bonds is 7. The zero-order chi connectivity index (χ0) is 16.8. The molecule has 0 N–H and O–H groups in total. The van der Waals surface area contributed by atoms with Crippen LogP contribution in [0.2, 0.25) is 0 Å². The average molecular weight is 317 g/mol. The number of hydrogen-bond donors (Lipinski definition) is 0. The first-order valence-electron chi connectivity index (χ1n) is 6.47. The minimum atomic E-state index is -4.45. The number of nitrogens with zero attached hydrogens (tertiary/aromatic N) is 1. The fraction of sp³-hybridized carbons (Fsp3) is 0.400. The predicted molar refractivity (Wildman–Crippen MR) is 76.1 cm³/mol. The second kappa shape index (κ2) is 7.72. The fourth-order valence-electron chi connectivity index (χ4n) is 1.90. The maximum absolute atomic E-state index is 12.5. The van der Waals surface area contributed by atoms with Crippen LogP contribution in [0.4, 0.5) is 13.2 Å². The maximum atomic E-state index is 12.5. The van der Waals surface area contributed by atoms with Crippen LogP contribution in [0.3, 0.4) is 0 Å². The highest BCUT2D eigenvalue weighted by atomic mass is 19.4. The Morgan fingerprint density at radius 2 is 1.91 bits per heavy atom. The van der Waals surface area contributed by atoms with Gasteiger partial charge in [-0.1, -0.05) is 12.1 Å². The predicted octanol–water partition coefficient (Wildman–Crippen LogP) is 2.82. The van der Waals surface area contributed by atoms with Crippen molar-refractivity contribution >= 4 is 5.91 Å². The highest BCUT2D eigenvalue weighted by molar-refractivity contribution is 5.79. The minimum Gasteiger partial charge on any atom is -0.493 e. The van der Waals surface area contributed by atoms with Gasteiger partial charge in [-0.15, -0.1) is 6.58 Å². The number of halogens is 3. The van der Waals surface area contributed by atoms with E-state index in [9.17, 15) is 18.0 Å². The number of hydrogen-bond acceptors (Lipinski definition) is 3. The molecular weight excluding hydrogens is 299 g/mol. The van der Waals surface area contributed by atoms with Crippen LogP contribution in [0.25, 0.3) is 0 Å². The van der Waals surface area contributed by atoms with Gasteiger partial charge in [-0.05, 0) is 17.7 Å². The summed E-state index contributed by atoms with van der Waals surface area (Å²) in [5, 5.41) is 0. The van der Waals surface area contributed by atoms with E-state index in [1.807, 2.05) is 0 Å². The summed E-state index contributed by atoms with van der Waals surface area (Å²) in [6.07, 6.45) is -3.35. The molecule has 1 amide bonds. The third kappa shape index (κ3) is 5.31. The summed E-state index contributed by atoms with van der Waals surface area (Å²) in [4.78, 5) is 12.8. The Morgan fingerprint density at radius 1 is 1.27 bits per heavy atom. The van der Waals surface area contributed by atoms with E-state index in [4.69, 9.17) is 9.47 Å². The van der Waals surface area contributed by atoms with Gasteiger partial charge in [-0.25, -0.2) is 0 Å². The van der Waals surface area contributed by atoms with Gasteiger partial charge in [-0.2, -0.15) is 13.2 Å². The molecule has 122 valence electrons. The number of alkyl halides is 3. The Hall–Kier alpha value is -2.18. The summed E-state index contributed by atoms with van der Waals surface area (Å²) in [6.45, 7) is 1.91. The van der Waals surface area contributed by atoms with Crippen LogP contribution < -0.4 is 9.47 Å². The van der Waals surface area contributed by atoms with Crippen molar-refractivity contribution in [1.29, 1.82) is 0 Å². The Labute approximate surface area is 127 Å². The van der Waals surface area contributed by atoms with Crippen molar-refractivity contribution in [3.05, 3.63) is 36.4 Å². The quantitative estimate of drug-likeness (QED) is 0.726. The van der Waals surface area contributed by atoms with E-state index >= 15 is 0 Å². The summed E-state index contributed by atoms with van der Waals surface area (Å²) < 4.78 is 47.6. The number of ether oxygens (including phenoxy) is 2. The van der Waals surface area contributed by atoms with E-state index in [1.54, 1.807) is 18.2 Å². The van der Waals surface area contributed by atoms with Gasteiger partial charge in [-0.3, -0.25) is 4.79 Å². The lowest BCUT2D eigenvalue weighted by atomic mass is 10.1. The molecule has 0 aromatic heterocycles. The monoisotopic (exact) mass is 317 g/mol. The zero-order valence-corrected chi connectivity index (χ0v) is 12.4. The minimum absolute atomic E-state index is 0.161. The van der Waals surface area contributed by atoms with E-state index < -0.39 is 18.6 Å². The smallest absolute Gasteiger partial charge is 0.406 e. The summed E-state index contributed by atoms with van der Waals surface area (Å²) in [7, 11) is 2.91. The molecule has 0 heterocycles. The molecule has 0 atom stereocenters. The van der Waals surface area contributed by atoms with Gasteiger partial charge in [0.25, 0.3) is 0 Å². The SMILES string of the molecule is C=CCN(CC(F)(F)F)C(=O)Cc1ccc(OC)c(OC)c1. The van der Waals surface area contributed by atoms with E-state index in [-0.39, 0.29) is 13.0 Å². The van der Waals surface area contributed by atoms with Crippen LogP contribution in [-0.2, 0) is 11.2 Å². The van der Waals surface area contributed by atoms with E-state index in [1.165, 1.54) is 20.3 Å². The van der Waals surface area contributed by atoms with Crippen molar-refractivity contribution in [1.82, 2.24) is 4.90 Å². The van der Waals surface area contributed by atoms with Gasteiger partial charge in [0.05, 0.1) is 20.6 Å². The number of methoxy groups -OCH3 is 2. The molecule has 0 aliphatic carbocycles. The van der Waals surface area contributed by atoms with Gasteiger partial charge < -0.3 is 14.4 Å². The molecule has 1 rings (SSSR count). The molecular formula is C15H18F3NO3. The van der Waals surface area contributed by atoms with Crippen molar-refractivity contribution in [3.63, 3.8) is 0 Å². The van der Waals surface area contributed by atoms with E-state index in [0.717, 1.165) is 0 Å². The topological polar surface area (TPSA) is 38.8 Å². The number of carbonyl (C=O) groups is 1. The fourth-order valence-corrected chi connectivity index (χ4v) is 1.90. The molecule has 1 aromatic rings. The van der Waals surface area contributed by atoms with Crippen LogP contribution in [0.1, 0.15) is 5.56 Å². The van der Waals surface area contributed by atoms with Crippen molar-refractivity contribution in [2.24, 2.45) is 0 Å². The molecule has 0 fully saturated rings. The van der Waals surface area contributed by atoms with Crippen molar-refractivity contribution in [2.45, 2.75) is 12.6 Å². The van der Waals surface area contributed by atoms with E-state index in [2.05, 4.69) is 6.58 Å². The molecule has 4 nitrogen and oxygen atoms in total. The third-order valence-corrected chi connectivity index (χ3v) is 2.88. The Kier molecular flexibility index (Phi) is 6.27. The molecule has 22 heavy (non-hydrogen) atoms. The second-order valence-electron chi connectivity index (χ2n) is 4.54. The van der Waals surface area contributed by atoms with Gasteiger partial charge in [0.15, 0.2) is 11.5 Å². The first kappa shape index (κ1) is 17.9. The summed E-state index contributed by atoms with van der Waals surface area (Å²) >= 11 is 0. The lowest BCUT2D eigenvalue weighted by Gasteiger charge is -2.22. The summed E-state index contributed by atoms with van der Waals surface area (Å²) in [5.74, 6) is 0.264. The van der Waals surface area contributed by atoms with Crippen molar-refractivity contribution < 1.29 is 27.4 Å². The molecule has 0 saturated carbocycles. The lowest BCUT2D eigenvalue weighted by molar-refractivity contribution is -0.159. The molecule has 0 saturated heterocycles. The normalized spacial score (nSPS) is 11.0. The number of carbonyl (C=O) groups excluding carboxylic acids is 1. The first-order valence-corrected chi connectivity index (χ1v) is 6.47. The molecule has 0 aliphatic heterocycles. The molecule has 7 heteroatoms. The largest absolute Gasteiger partial charge is 0.493 e. The van der Waals surface area contributed by atoms with Crippen molar-refractivity contribution in [2.75, 3.05) is 27.3 Å². The maximum Gasteiger partial charge on any atom is 0.406 e.